The first kappa shape index (κ1) is 13.7. The first-order chi connectivity index (χ1) is 8.01. The second-order valence-electron chi connectivity index (χ2n) is 4.21. The lowest BCUT2D eigenvalue weighted by atomic mass is 9.96. The Labute approximate surface area is 102 Å². The number of carboxylic acids is 1. The van der Waals surface area contributed by atoms with Gasteiger partial charge < -0.3 is 15.7 Å². The van der Waals surface area contributed by atoms with Crippen molar-refractivity contribution in [3.05, 3.63) is 34.9 Å². The van der Waals surface area contributed by atoms with Crippen molar-refractivity contribution >= 4 is 5.97 Å². The number of hydrogen-bond acceptors (Lipinski definition) is 3. The molecule has 0 saturated heterocycles. The van der Waals surface area contributed by atoms with E-state index >= 15 is 0 Å². The van der Waals surface area contributed by atoms with Crippen LogP contribution in [0.15, 0.2) is 18.2 Å². The molecular formula is C13H20N2O2. The summed E-state index contributed by atoms with van der Waals surface area (Å²) >= 11 is 0. The van der Waals surface area contributed by atoms with E-state index in [0.29, 0.717) is 0 Å². The highest BCUT2D eigenvalue weighted by molar-refractivity contribution is 5.74. The van der Waals surface area contributed by atoms with Crippen LogP contribution < -0.4 is 10.6 Å². The fourth-order valence-corrected chi connectivity index (χ4v) is 1.92. The zero-order valence-corrected chi connectivity index (χ0v) is 10.7. The Morgan fingerprint density at radius 1 is 1.18 bits per heavy atom. The molecule has 3 N–H and O–H groups in total. The van der Waals surface area contributed by atoms with E-state index < -0.39 is 12.0 Å². The van der Waals surface area contributed by atoms with Crippen LogP contribution in [0.4, 0.5) is 0 Å². The minimum Gasteiger partial charge on any atom is -0.480 e. The predicted molar refractivity (Wildman–Crippen MR) is 68.2 cm³/mol. The van der Waals surface area contributed by atoms with Gasteiger partial charge in [0.2, 0.25) is 0 Å². The molecule has 94 valence electrons. The largest absolute Gasteiger partial charge is 0.480 e. The number of carbonyl (C=O) groups is 1. The Balaban J connectivity index is 3.08. The maximum absolute atomic E-state index is 11.2. The summed E-state index contributed by atoms with van der Waals surface area (Å²) < 4.78 is 0. The van der Waals surface area contributed by atoms with Crippen molar-refractivity contribution in [1.82, 2.24) is 10.6 Å². The molecule has 1 aromatic carbocycles. The Hall–Kier alpha value is -1.39. The summed E-state index contributed by atoms with van der Waals surface area (Å²) in [5.41, 5.74) is 3.36. The summed E-state index contributed by atoms with van der Waals surface area (Å²) in [6.07, 6.45) is 0. The van der Waals surface area contributed by atoms with E-state index in [4.69, 9.17) is 5.11 Å². The van der Waals surface area contributed by atoms with Crippen molar-refractivity contribution < 1.29 is 9.90 Å². The van der Waals surface area contributed by atoms with Crippen LogP contribution in [0.25, 0.3) is 0 Å². The van der Waals surface area contributed by atoms with Crippen LogP contribution in [0.1, 0.15) is 22.7 Å². The second-order valence-corrected chi connectivity index (χ2v) is 4.21. The van der Waals surface area contributed by atoms with Gasteiger partial charge in [0, 0.05) is 0 Å². The van der Waals surface area contributed by atoms with Gasteiger partial charge >= 0.3 is 5.97 Å². The Bertz CT molecular complexity index is 404. The smallest absolute Gasteiger partial charge is 0.322 e. The highest BCUT2D eigenvalue weighted by atomic mass is 16.4. The Morgan fingerprint density at radius 2 is 1.82 bits per heavy atom. The second kappa shape index (κ2) is 5.80. The Kier molecular flexibility index (Phi) is 4.66. The number of likely N-dealkylation sites (N-methyl/N-ethyl adjacent to an activating group) is 2. The third-order valence-corrected chi connectivity index (χ3v) is 3.11. The normalized spacial score (nSPS) is 14.4. The lowest BCUT2D eigenvalue weighted by Crippen LogP contribution is -2.44. The van der Waals surface area contributed by atoms with Crippen molar-refractivity contribution in [1.29, 1.82) is 0 Å². The molecule has 17 heavy (non-hydrogen) atoms. The average Bonchev–Trinajstić information content (AvgIpc) is 2.29. The molecule has 4 heteroatoms. The number of rotatable bonds is 5. The molecule has 2 unspecified atom stereocenters. The highest BCUT2D eigenvalue weighted by Crippen LogP contribution is 2.20. The number of aryl methyl sites for hydroxylation is 2. The molecule has 0 aliphatic rings. The fraction of sp³-hybridized carbons (Fsp3) is 0.462. The molecule has 0 aromatic heterocycles. The molecule has 0 radical (unpaired) electrons. The van der Waals surface area contributed by atoms with Crippen molar-refractivity contribution in [3.8, 4) is 0 Å². The molecule has 0 aliphatic heterocycles. The van der Waals surface area contributed by atoms with Crippen LogP contribution in [0.3, 0.4) is 0 Å². The number of hydrogen-bond donors (Lipinski definition) is 3. The van der Waals surface area contributed by atoms with E-state index in [9.17, 15) is 4.79 Å². The summed E-state index contributed by atoms with van der Waals surface area (Å²) in [6, 6.07) is 5.14. The highest BCUT2D eigenvalue weighted by Gasteiger charge is 2.26. The SMILES string of the molecule is CNC(C(=O)O)C(NC)c1ccc(C)c(C)c1. The third-order valence-electron chi connectivity index (χ3n) is 3.11. The minimum atomic E-state index is -0.856. The topological polar surface area (TPSA) is 61.4 Å². The number of nitrogens with one attached hydrogen (secondary N) is 2. The van der Waals surface area contributed by atoms with E-state index in [1.54, 1.807) is 14.1 Å². The van der Waals surface area contributed by atoms with Crippen LogP contribution in [-0.2, 0) is 4.79 Å². The molecule has 0 amide bonds. The van der Waals surface area contributed by atoms with Gasteiger partial charge in [0.05, 0.1) is 6.04 Å². The van der Waals surface area contributed by atoms with Crippen molar-refractivity contribution in [2.24, 2.45) is 0 Å². The van der Waals surface area contributed by atoms with E-state index in [0.717, 1.165) is 5.56 Å². The standard InChI is InChI=1S/C13H20N2O2/c1-8-5-6-10(7-9(8)2)11(14-3)12(15-4)13(16)17/h5-7,11-12,14-15H,1-4H3,(H,16,17). The van der Waals surface area contributed by atoms with Gasteiger partial charge in [-0.15, -0.1) is 0 Å². The van der Waals surface area contributed by atoms with Crippen molar-refractivity contribution in [2.75, 3.05) is 14.1 Å². The lowest BCUT2D eigenvalue weighted by Gasteiger charge is -2.24. The number of carboxylic acid groups (broad SMARTS) is 1. The molecule has 1 aromatic rings. The van der Waals surface area contributed by atoms with Gasteiger partial charge in [0.25, 0.3) is 0 Å². The van der Waals surface area contributed by atoms with Crippen molar-refractivity contribution in [3.63, 3.8) is 0 Å². The van der Waals surface area contributed by atoms with Crippen LogP contribution in [0, 0.1) is 13.8 Å². The van der Waals surface area contributed by atoms with Crippen molar-refractivity contribution in [2.45, 2.75) is 25.9 Å². The lowest BCUT2D eigenvalue weighted by molar-refractivity contribution is -0.140. The average molecular weight is 236 g/mol. The molecule has 0 saturated carbocycles. The minimum absolute atomic E-state index is 0.239. The molecule has 0 spiro atoms. The quantitative estimate of drug-likeness (QED) is 0.720. The summed E-state index contributed by atoms with van der Waals surface area (Å²) in [4.78, 5) is 11.2. The van der Waals surface area contributed by atoms with Gasteiger partial charge in [0.1, 0.15) is 6.04 Å². The zero-order chi connectivity index (χ0) is 13.0. The van der Waals surface area contributed by atoms with Crippen LogP contribution in [0.5, 0.6) is 0 Å². The fourth-order valence-electron chi connectivity index (χ4n) is 1.92. The van der Waals surface area contributed by atoms with Gasteiger partial charge in [0.15, 0.2) is 0 Å². The van der Waals surface area contributed by atoms with Crippen LogP contribution in [-0.4, -0.2) is 31.2 Å². The molecule has 0 heterocycles. The van der Waals surface area contributed by atoms with Crippen LogP contribution >= 0.6 is 0 Å². The zero-order valence-electron chi connectivity index (χ0n) is 10.7. The maximum Gasteiger partial charge on any atom is 0.322 e. The number of benzene rings is 1. The molecular weight excluding hydrogens is 216 g/mol. The van der Waals surface area contributed by atoms with E-state index in [-0.39, 0.29) is 6.04 Å². The van der Waals surface area contributed by atoms with Crippen LogP contribution in [0.2, 0.25) is 0 Å². The predicted octanol–water partition coefficient (Wildman–Crippen LogP) is 1.24. The third kappa shape index (κ3) is 3.05. The number of aliphatic carboxylic acids is 1. The van der Waals surface area contributed by atoms with Gasteiger partial charge in [-0.2, -0.15) is 0 Å². The summed E-state index contributed by atoms with van der Waals surface area (Å²) in [6.45, 7) is 4.07. The molecule has 2 atom stereocenters. The van der Waals surface area contributed by atoms with Gasteiger partial charge in [-0.3, -0.25) is 4.79 Å². The monoisotopic (exact) mass is 236 g/mol. The molecule has 0 aliphatic carbocycles. The summed E-state index contributed by atoms with van der Waals surface area (Å²) in [5, 5.41) is 15.0. The first-order valence-corrected chi connectivity index (χ1v) is 5.65. The van der Waals surface area contributed by atoms with Gasteiger partial charge in [-0.05, 0) is 44.6 Å². The summed E-state index contributed by atoms with van der Waals surface area (Å²) in [7, 11) is 3.43. The van der Waals surface area contributed by atoms with Gasteiger partial charge in [-0.1, -0.05) is 18.2 Å². The maximum atomic E-state index is 11.2. The molecule has 4 nitrogen and oxygen atoms in total. The molecule has 1 rings (SSSR count). The molecule has 0 fully saturated rings. The molecule has 0 bridgehead atoms. The van der Waals surface area contributed by atoms with Gasteiger partial charge in [-0.25, -0.2) is 0 Å². The Morgan fingerprint density at radius 3 is 2.24 bits per heavy atom. The van der Waals surface area contributed by atoms with E-state index in [2.05, 4.69) is 10.6 Å². The van der Waals surface area contributed by atoms with E-state index in [1.165, 1.54) is 11.1 Å². The summed E-state index contributed by atoms with van der Waals surface area (Å²) in [5.74, 6) is -0.856. The van der Waals surface area contributed by atoms with E-state index in [1.807, 2.05) is 32.0 Å². The first-order valence-electron chi connectivity index (χ1n) is 5.65.